The van der Waals surface area contributed by atoms with E-state index in [1.165, 1.54) is 5.57 Å². The molecule has 0 saturated heterocycles. The molecule has 0 aromatic heterocycles. The van der Waals surface area contributed by atoms with Crippen LogP contribution in [0.25, 0.3) is 0 Å². The third-order valence-corrected chi connectivity index (χ3v) is 7.84. The molecule has 0 amide bonds. The Bertz CT molecular complexity index is 539. The third kappa shape index (κ3) is 1.78. The van der Waals surface area contributed by atoms with Gasteiger partial charge in [-0.2, -0.15) is 0 Å². The Hall–Kier alpha value is -0.670. The molecule has 0 spiro atoms. The number of ketones is 1. The van der Waals surface area contributed by atoms with Gasteiger partial charge in [0, 0.05) is 6.42 Å². The van der Waals surface area contributed by atoms with Crippen molar-refractivity contribution in [1.29, 1.82) is 0 Å². The van der Waals surface area contributed by atoms with Crippen molar-refractivity contribution in [2.75, 3.05) is 0 Å². The van der Waals surface area contributed by atoms with E-state index in [1.54, 1.807) is 0 Å². The Morgan fingerprint density at radius 3 is 2.68 bits per heavy atom. The number of hydrogen-bond acceptors (Lipinski definition) is 3. The first-order valence-corrected chi connectivity index (χ1v) is 8.96. The summed E-state index contributed by atoms with van der Waals surface area (Å²) in [6.45, 7) is 4.46. The second-order valence-corrected chi connectivity index (χ2v) is 8.76. The van der Waals surface area contributed by atoms with Gasteiger partial charge in [-0.25, -0.2) is 0 Å². The predicted octanol–water partition coefficient (Wildman–Crippen LogP) is 2.85. The third-order valence-electron chi connectivity index (χ3n) is 7.84. The van der Waals surface area contributed by atoms with Crippen molar-refractivity contribution in [2.24, 2.45) is 28.6 Å². The number of aliphatic hydroxyl groups is 2. The molecule has 4 aliphatic rings. The quantitative estimate of drug-likeness (QED) is 0.723. The maximum atomic E-state index is 11.8. The molecule has 0 unspecified atom stereocenters. The zero-order valence-electron chi connectivity index (χ0n) is 13.7. The molecule has 22 heavy (non-hydrogen) atoms. The zero-order valence-corrected chi connectivity index (χ0v) is 13.7. The van der Waals surface area contributed by atoms with Crippen molar-refractivity contribution in [1.82, 2.24) is 0 Å². The van der Waals surface area contributed by atoms with Crippen LogP contribution in [0.15, 0.2) is 11.6 Å². The van der Waals surface area contributed by atoms with Crippen LogP contribution in [-0.2, 0) is 4.79 Å². The van der Waals surface area contributed by atoms with Gasteiger partial charge < -0.3 is 10.2 Å². The monoisotopic (exact) mass is 304 g/mol. The Morgan fingerprint density at radius 2 is 1.91 bits per heavy atom. The lowest BCUT2D eigenvalue weighted by molar-refractivity contribution is -0.142. The summed E-state index contributed by atoms with van der Waals surface area (Å²) in [5.74, 6) is 1.56. The lowest BCUT2D eigenvalue weighted by atomic mass is 9.46. The summed E-state index contributed by atoms with van der Waals surface area (Å²) in [5.41, 5.74) is 1.17. The van der Waals surface area contributed by atoms with Crippen LogP contribution in [-0.4, -0.2) is 28.2 Å². The summed E-state index contributed by atoms with van der Waals surface area (Å²) in [5, 5.41) is 21.4. The summed E-state index contributed by atoms with van der Waals surface area (Å²) in [7, 11) is 0. The summed E-state index contributed by atoms with van der Waals surface area (Å²) >= 11 is 0. The van der Waals surface area contributed by atoms with Crippen LogP contribution >= 0.6 is 0 Å². The molecular weight excluding hydrogens is 276 g/mol. The number of carbonyl (C=O) groups is 1. The normalized spacial score (nSPS) is 54.3. The van der Waals surface area contributed by atoms with E-state index in [-0.39, 0.29) is 34.7 Å². The smallest absolute Gasteiger partial charge is 0.155 e. The molecule has 3 heteroatoms. The lowest BCUT2D eigenvalue weighted by Gasteiger charge is -2.59. The van der Waals surface area contributed by atoms with Crippen LogP contribution in [0.5, 0.6) is 0 Å². The van der Waals surface area contributed by atoms with Crippen molar-refractivity contribution in [3.05, 3.63) is 11.6 Å². The molecule has 0 aromatic carbocycles. The first-order valence-electron chi connectivity index (χ1n) is 8.96. The van der Waals surface area contributed by atoms with Crippen LogP contribution < -0.4 is 0 Å². The highest BCUT2D eigenvalue weighted by atomic mass is 16.3. The Morgan fingerprint density at radius 1 is 1.14 bits per heavy atom. The SMILES string of the molecule is C[C@]12C[C@H](O)[C@H]3[C@@H](CCC4=CC(=O)CC[C@@]43C)[C@@H]1CC[C@H]2O. The molecule has 4 rings (SSSR count). The fourth-order valence-corrected chi connectivity index (χ4v) is 6.66. The Balaban J connectivity index is 1.74. The van der Waals surface area contributed by atoms with Crippen LogP contribution in [0.2, 0.25) is 0 Å². The maximum Gasteiger partial charge on any atom is 0.155 e. The fourth-order valence-electron chi connectivity index (χ4n) is 6.66. The molecule has 3 nitrogen and oxygen atoms in total. The van der Waals surface area contributed by atoms with Crippen molar-refractivity contribution < 1.29 is 15.0 Å². The second kappa shape index (κ2) is 4.67. The standard InChI is InChI=1S/C19H28O3/c1-18-8-7-12(20)9-11(18)3-4-13-14-5-6-16(22)19(14,2)10-15(21)17(13)18/h9,13-17,21-22H,3-8,10H2,1-2H3/t13-,14-,15-,16+,17+,18-,19-/m0/s1. The first kappa shape index (κ1) is 14.9. The maximum absolute atomic E-state index is 11.8. The minimum Gasteiger partial charge on any atom is -0.393 e. The predicted molar refractivity (Wildman–Crippen MR) is 84.1 cm³/mol. The van der Waals surface area contributed by atoms with Crippen LogP contribution in [0.3, 0.4) is 0 Å². The molecular formula is C19H28O3. The summed E-state index contributed by atoms with van der Waals surface area (Å²) in [6.07, 6.45) is 7.56. The molecule has 0 bridgehead atoms. The number of carbonyl (C=O) groups excluding carboxylic acids is 1. The average molecular weight is 304 g/mol. The van der Waals surface area contributed by atoms with E-state index in [0.29, 0.717) is 18.3 Å². The highest BCUT2D eigenvalue weighted by Crippen LogP contribution is 2.65. The number of rotatable bonds is 0. The van der Waals surface area contributed by atoms with Crippen molar-refractivity contribution >= 4 is 5.78 Å². The highest BCUT2D eigenvalue weighted by Gasteiger charge is 2.61. The minimum absolute atomic E-state index is 0.00881. The molecule has 0 aromatic rings. The fraction of sp³-hybridized carbons (Fsp3) is 0.842. The van der Waals surface area contributed by atoms with Gasteiger partial charge in [0.05, 0.1) is 12.2 Å². The van der Waals surface area contributed by atoms with Crippen LogP contribution in [0.4, 0.5) is 0 Å². The van der Waals surface area contributed by atoms with Crippen LogP contribution in [0, 0.1) is 28.6 Å². The molecule has 0 aliphatic heterocycles. The van der Waals surface area contributed by atoms with Gasteiger partial charge >= 0.3 is 0 Å². The van der Waals surface area contributed by atoms with Gasteiger partial charge in [-0.3, -0.25) is 4.79 Å². The van der Waals surface area contributed by atoms with Crippen molar-refractivity contribution in [3.63, 3.8) is 0 Å². The number of fused-ring (bicyclic) bond motifs is 5. The number of hydrogen-bond donors (Lipinski definition) is 2. The van der Waals surface area contributed by atoms with E-state index in [9.17, 15) is 15.0 Å². The molecule has 122 valence electrons. The van der Waals surface area contributed by atoms with E-state index in [2.05, 4.69) is 13.8 Å². The molecule has 2 N–H and O–H groups in total. The largest absolute Gasteiger partial charge is 0.393 e. The molecule has 7 atom stereocenters. The summed E-state index contributed by atoms with van der Waals surface area (Å²) in [6, 6.07) is 0. The van der Waals surface area contributed by atoms with E-state index >= 15 is 0 Å². The van der Waals surface area contributed by atoms with Gasteiger partial charge in [-0.05, 0) is 73.2 Å². The highest BCUT2D eigenvalue weighted by molar-refractivity contribution is 5.91. The van der Waals surface area contributed by atoms with Gasteiger partial charge in [0.25, 0.3) is 0 Å². The molecule has 3 fully saturated rings. The van der Waals surface area contributed by atoms with E-state index in [0.717, 1.165) is 38.5 Å². The Labute approximate surface area is 132 Å². The zero-order chi connectivity index (χ0) is 15.7. The molecule has 0 radical (unpaired) electrons. The summed E-state index contributed by atoms with van der Waals surface area (Å²) < 4.78 is 0. The molecule has 0 heterocycles. The van der Waals surface area contributed by atoms with Gasteiger partial charge in [0.1, 0.15) is 0 Å². The van der Waals surface area contributed by atoms with Crippen molar-refractivity contribution in [3.8, 4) is 0 Å². The van der Waals surface area contributed by atoms with Crippen LogP contribution in [0.1, 0.15) is 58.8 Å². The van der Waals surface area contributed by atoms with Gasteiger partial charge in [-0.1, -0.05) is 19.4 Å². The van der Waals surface area contributed by atoms with Gasteiger partial charge in [0.2, 0.25) is 0 Å². The number of aliphatic hydroxyl groups excluding tert-OH is 2. The molecule has 4 aliphatic carbocycles. The van der Waals surface area contributed by atoms with E-state index in [1.807, 2.05) is 6.08 Å². The van der Waals surface area contributed by atoms with Gasteiger partial charge in [-0.15, -0.1) is 0 Å². The second-order valence-electron chi connectivity index (χ2n) is 8.76. The van der Waals surface area contributed by atoms with Crippen molar-refractivity contribution in [2.45, 2.75) is 71.0 Å². The average Bonchev–Trinajstić information content (AvgIpc) is 2.75. The van der Waals surface area contributed by atoms with E-state index < -0.39 is 0 Å². The van der Waals surface area contributed by atoms with Gasteiger partial charge in [0.15, 0.2) is 5.78 Å². The number of allylic oxidation sites excluding steroid dienone is 1. The Kier molecular flexibility index (Phi) is 3.16. The lowest BCUT2D eigenvalue weighted by Crippen LogP contribution is -2.57. The first-order chi connectivity index (χ1) is 10.4. The van der Waals surface area contributed by atoms with E-state index in [4.69, 9.17) is 0 Å². The topological polar surface area (TPSA) is 57.5 Å². The summed E-state index contributed by atoms with van der Waals surface area (Å²) in [4.78, 5) is 11.8. The minimum atomic E-state index is -0.346. The molecule has 3 saturated carbocycles.